The van der Waals surface area contributed by atoms with Gasteiger partial charge >= 0.3 is 0 Å². The van der Waals surface area contributed by atoms with Crippen molar-refractivity contribution in [3.63, 3.8) is 0 Å². The zero-order chi connectivity index (χ0) is 9.42. The van der Waals surface area contributed by atoms with Gasteiger partial charge in [0, 0.05) is 11.7 Å². The molecule has 2 aromatic rings. The minimum Gasteiger partial charge on any atom is -0.323 e. The molecule has 13 heavy (non-hydrogen) atoms. The molecule has 0 aliphatic carbocycles. The summed E-state index contributed by atoms with van der Waals surface area (Å²) < 4.78 is 1.91. The molecule has 2 aromatic heterocycles. The van der Waals surface area contributed by atoms with Crippen molar-refractivity contribution in [2.24, 2.45) is 5.73 Å². The summed E-state index contributed by atoms with van der Waals surface area (Å²) in [6, 6.07) is 5.80. The van der Waals surface area contributed by atoms with Crippen molar-refractivity contribution in [1.82, 2.24) is 9.38 Å². The molecule has 2 rings (SSSR count). The number of halogens is 1. The number of fused-ring (bicyclic) bond motifs is 1. The molecule has 0 radical (unpaired) electrons. The first-order valence-electron chi connectivity index (χ1n) is 4.07. The summed E-state index contributed by atoms with van der Waals surface area (Å²) >= 11 is 5.88. The van der Waals surface area contributed by atoms with Crippen LogP contribution >= 0.6 is 11.6 Å². The van der Waals surface area contributed by atoms with Crippen molar-refractivity contribution in [3.8, 4) is 0 Å². The molecule has 0 aromatic carbocycles. The molecule has 0 bridgehead atoms. The zero-order valence-electron chi connectivity index (χ0n) is 7.24. The fourth-order valence-electron chi connectivity index (χ4n) is 1.38. The van der Waals surface area contributed by atoms with E-state index in [1.165, 1.54) is 0 Å². The fraction of sp³-hybridized carbons (Fsp3) is 0.222. The second kappa shape index (κ2) is 3.01. The number of imidazole rings is 1. The zero-order valence-corrected chi connectivity index (χ0v) is 7.99. The Hall–Kier alpha value is -1.06. The van der Waals surface area contributed by atoms with Gasteiger partial charge in [-0.25, -0.2) is 4.98 Å². The van der Waals surface area contributed by atoms with E-state index in [4.69, 9.17) is 17.3 Å². The van der Waals surface area contributed by atoms with Crippen molar-refractivity contribution >= 4 is 17.1 Å². The highest BCUT2D eigenvalue weighted by atomic mass is 35.5. The van der Waals surface area contributed by atoms with Crippen molar-refractivity contribution in [2.75, 3.05) is 0 Å². The molecule has 2 N–H and O–H groups in total. The highest BCUT2D eigenvalue weighted by molar-refractivity contribution is 6.32. The molecule has 0 saturated heterocycles. The van der Waals surface area contributed by atoms with Crippen LogP contribution in [0.2, 0.25) is 5.15 Å². The highest BCUT2D eigenvalue weighted by Crippen LogP contribution is 2.19. The summed E-state index contributed by atoms with van der Waals surface area (Å²) in [6.07, 6.45) is 1.69. The number of aromatic nitrogens is 2. The Labute approximate surface area is 81.1 Å². The number of hydrogen-bond acceptors (Lipinski definition) is 2. The van der Waals surface area contributed by atoms with Crippen LogP contribution in [0.5, 0.6) is 0 Å². The second-order valence-corrected chi connectivity index (χ2v) is 3.39. The van der Waals surface area contributed by atoms with Crippen LogP contribution in [0.4, 0.5) is 0 Å². The minimum absolute atomic E-state index is 0.0195. The Bertz CT molecular complexity index is 433. The molecule has 0 spiro atoms. The van der Waals surface area contributed by atoms with E-state index in [-0.39, 0.29) is 6.04 Å². The number of nitrogens with two attached hydrogens (primary N) is 1. The summed E-state index contributed by atoms with van der Waals surface area (Å²) in [7, 11) is 0. The lowest BCUT2D eigenvalue weighted by molar-refractivity contribution is 0.762. The summed E-state index contributed by atoms with van der Waals surface area (Å²) in [4.78, 5) is 4.01. The molecule has 2 heterocycles. The van der Waals surface area contributed by atoms with Gasteiger partial charge in [-0.15, -0.1) is 0 Å². The predicted molar refractivity (Wildman–Crippen MR) is 52.8 cm³/mol. The Morgan fingerprint density at radius 1 is 1.54 bits per heavy atom. The summed E-state index contributed by atoms with van der Waals surface area (Å²) in [5.74, 6) is 0. The van der Waals surface area contributed by atoms with Gasteiger partial charge in [0.15, 0.2) is 5.15 Å². The fourth-order valence-corrected chi connectivity index (χ4v) is 1.58. The molecule has 0 aliphatic heterocycles. The van der Waals surface area contributed by atoms with E-state index in [1.807, 2.05) is 29.5 Å². The first kappa shape index (κ1) is 8.53. The maximum atomic E-state index is 5.88. The van der Waals surface area contributed by atoms with Gasteiger partial charge in [0.05, 0.1) is 5.52 Å². The molecule has 1 atom stereocenters. The van der Waals surface area contributed by atoms with E-state index in [1.54, 1.807) is 6.33 Å². The average molecular weight is 196 g/mol. The molecular weight excluding hydrogens is 186 g/mol. The third-order valence-electron chi connectivity index (χ3n) is 2.02. The Kier molecular flexibility index (Phi) is 1.98. The first-order valence-corrected chi connectivity index (χ1v) is 4.45. The van der Waals surface area contributed by atoms with Crippen LogP contribution in [0.1, 0.15) is 18.7 Å². The normalized spacial score (nSPS) is 13.5. The van der Waals surface area contributed by atoms with Crippen LogP contribution in [0.3, 0.4) is 0 Å². The number of nitrogens with zero attached hydrogens (tertiary/aromatic N) is 2. The number of hydrogen-bond donors (Lipinski definition) is 1. The summed E-state index contributed by atoms with van der Waals surface area (Å²) in [5, 5.41) is 0.516. The average Bonchev–Trinajstić information content (AvgIpc) is 2.48. The first-order chi connectivity index (χ1) is 6.20. The number of pyridine rings is 1. The molecule has 0 amide bonds. The molecule has 0 saturated carbocycles. The van der Waals surface area contributed by atoms with Crippen molar-refractivity contribution < 1.29 is 0 Å². The third kappa shape index (κ3) is 1.30. The van der Waals surface area contributed by atoms with E-state index < -0.39 is 0 Å². The summed E-state index contributed by atoms with van der Waals surface area (Å²) in [5.41, 5.74) is 7.71. The van der Waals surface area contributed by atoms with Crippen molar-refractivity contribution in [2.45, 2.75) is 13.0 Å². The lowest BCUT2D eigenvalue weighted by atomic mass is 10.2. The van der Waals surface area contributed by atoms with Crippen LogP contribution in [-0.2, 0) is 0 Å². The van der Waals surface area contributed by atoms with Gasteiger partial charge in [-0.05, 0) is 19.1 Å². The third-order valence-corrected chi connectivity index (χ3v) is 2.31. The van der Waals surface area contributed by atoms with Gasteiger partial charge < -0.3 is 10.1 Å². The quantitative estimate of drug-likeness (QED) is 0.757. The van der Waals surface area contributed by atoms with E-state index in [9.17, 15) is 0 Å². The van der Waals surface area contributed by atoms with Gasteiger partial charge in [0.1, 0.15) is 6.33 Å². The Balaban J connectivity index is 2.77. The maximum absolute atomic E-state index is 5.88. The molecule has 3 nitrogen and oxygen atoms in total. The van der Waals surface area contributed by atoms with E-state index in [0.29, 0.717) is 5.15 Å². The van der Waals surface area contributed by atoms with Gasteiger partial charge in [-0.3, -0.25) is 0 Å². The lowest BCUT2D eigenvalue weighted by Gasteiger charge is -2.07. The second-order valence-electron chi connectivity index (χ2n) is 3.03. The van der Waals surface area contributed by atoms with E-state index >= 15 is 0 Å². The summed E-state index contributed by atoms with van der Waals surface area (Å²) in [6.45, 7) is 1.93. The van der Waals surface area contributed by atoms with Gasteiger partial charge in [0.2, 0.25) is 0 Å². The van der Waals surface area contributed by atoms with Crippen LogP contribution in [-0.4, -0.2) is 9.38 Å². The van der Waals surface area contributed by atoms with Crippen LogP contribution in [0, 0.1) is 0 Å². The van der Waals surface area contributed by atoms with Gasteiger partial charge in [-0.1, -0.05) is 17.7 Å². The molecule has 0 aliphatic rings. The maximum Gasteiger partial charge on any atom is 0.154 e. The molecule has 68 valence electrons. The molecule has 4 heteroatoms. The smallest absolute Gasteiger partial charge is 0.154 e. The monoisotopic (exact) mass is 195 g/mol. The molecule has 1 unspecified atom stereocenters. The van der Waals surface area contributed by atoms with Gasteiger partial charge in [0.25, 0.3) is 0 Å². The topological polar surface area (TPSA) is 43.3 Å². The van der Waals surface area contributed by atoms with Gasteiger partial charge in [-0.2, -0.15) is 0 Å². The predicted octanol–water partition coefficient (Wildman–Crippen LogP) is 2.01. The SMILES string of the molecule is CC(N)c1cccc2c(Cl)ncn12. The van der Waals surface area contributed by atoms with Crippen LogP contribution in [0.25, 0.3) is 5.52 Å². The Morgan fingerprint density at radius 2 is 2.31 bits per heavy atom. The van der Waals surface area contributed by atoms with Crippen molar-refractivity contribution in [3.05, 3.63) is 35.4 Å². The number of rotatable bonds is 1. The highest BCUT2D eigenvalue weighted by Gasteiger charge is 2.07. The lowest BCUT2D eigenvalue weighted by Crippen LogP contribution is -2.09. The minimum atomic E-state index is -0.0195. The molecular formula is C9H10ClN3. The molecule has 0 fully saturated rings. The van der Waals surface area contributed by atoms with Crippen LogP contribution < -0.4 is 5.73 Å². The standard InChI is InChI=1S/C9H10ClN3/c1-6(11)7-3-2-4-8-9(10)12-5-13(7)8/h2-6H,11H2,1H3. The largest absolute Gasteiger partial charge is 0.323 e. The van der Waals surface area contributed by atoms with E-state index in [0.717, 1.165) is 11.2 Å². The van der Waals surface area contributed by atoms with Crippen LogP contribution in [0.15, 0.2) is 24.5 Å². The van der Waals surface area contributed by atoms with Crippen molar-refractivity contribution in [1.29, 1.82) is 0 Å². The van der Waals surface area contributed by atoms with E-state index in [2.05, 4.69) is 4.98 Å². The Morgan fingerprint density at radius 3 is 3.00 bits per heavy atom.